The van der Waals surface area contributed by atoms with Gasteiger partial charge in [0.25, 0.3) is 0 Å². The second-order valence-electron chi connectivity index (χ2n) is 5.32. The number of ether oxygens (including phenoxy) is 2. The Balaban J connectivity index is 1.88. The molecule has 2 rings (SSSR count). The first-order valence-electron chi connectivity index (χ1n) is 7.48. The van der Waals surface area contributed by atoms with Crippen LogP contribution in [-0.2, 0) is 14.3 Å². The maximum absolute atomic E-state index is 12.1. The zero-order valence-corrected chi connectivity index (χ0v) is 11.8. The first-order valence-corrected chi connectivity index (χ1v) is 7.48. The van der Waals surface area contributed by atoms with Gasteiger partial charge in [0.05, 0.1) is 12.7 Å². The summed E-state index contributed by atoms with van der Waals surface area (Å²) in [6, 6.07) is -0.186. The number of hydrogen-bond acceptors (Lipinski definition) is 4. The molecule has 0 spiro atoms. The molecule has 1 N–H and O–H groups in total. The smallest absolute Gasteiger partial charge is 0.323 e. The summed E-state index contributed by atoms with van der Waals surface area (Å²) < 4.78 is 10.8. The predicted octanol–water partition coefficient (Wildman–Crippen LogP) is 2.04. The summed E-state index contributed by atoms with van der Waals surface area (Å²) in [5.41, 5.74) is 0. The van der Waals surface area contributed by atoms with Crippen LogP contribution in [0.4, 0.5) is 0 Å². The lowest BCUT2D eigenvalue weighted by Gasteiger charge is -2.28. The van der Waals surface area contributed by atoms with Gasteiger partial charge in [0.15, 0.2) is 0 Å². The number of esters is 1. The van der Waals surface area contributed by atoms with Gasteiger partial charge in [-0.3, -0.25) is 4.79 Å². The third kappa shape index (κ3) is 4.32. The predicted molar refractivity (Wildman–Crippen MR) is 73.9 cm³/mol. The molecular formula is C15H25NO3. The van der Waals surface area contributed by atoms with E-state index in [2.05, 4.69) is 17.5 Å². The number of carbonyl (C=O) groups is 1. The van der Waals surface area contributed by atoms with E-state index < -0.39 is 0 Å². The molecule has 4 heteroatoms. The molecule has 2 aliphatic rings. The third-order valence-corrected chi connectivity index (χ3v) is 3.91. The van der Waals surface area contributed by atoms with Gasteiger partial charge in [-0.15, -0.1) is 0 Å². The zero-order valence-electron chi connectivity index (χ0n) is 11.8. The van der Waals surface area contributed by atoms with Crippen molar-refractivity contribution in [3.05, 3.63) is 12.2 Å². The number of carbonyl (C=O) groups excluding carboxylic acids is 1. The summed E-state index contributed by atoms with van der Waals surface area (Å²) in [6.07, 6.45) is 9.92. The minimum atomic E-state index is -0.186. The molecular weight excluding hydrogens is 242 g/mol. The molecule has 1 saturated heterocycles. The van der Waals surface area contributed by atoms with E-state index in [9.17, 15) is 4.79 Å². The van der Waals surface area contributed by atoms with Crippen molar-refractivity contribution in [2.75, 3.05) is 19.8 Å². The monoisotopic (exact) mass is 267 g/mol. The Labute approximate surface area is 115 Å². The highest BCUT2D eigenvalue weighted by molar-refractivity contribution is 5.76. The molecule has 1 aliphatic heterocycles. The summed E-state index contributed by atoms with van der Waals surface area (Å²) in [5.74, 6) is 0.242. The van der Waals surface area contributed by atoms with E-state index >= 15 is 0 Å². The van der Waals surface area contributed by atoms with Crippen LogP contribution in [0.2, 0.25) is 0 Å². The van der Waals surface area contributed by atoms with E-state index in [-0.39, 0.29) is 18.1 Å². The lowest BCUT2D eigenvalue weighted by atomic mass is 9.87. The van der Waals surface area contributed by atoms with E-state index in [1.165, 1.54) is 0 Å². The molecule has 1 aliphatic carbocycles. The van der Waals surface area contributed by atoms with Crippen molar-refractivity contribution in [3.63, 3.8) is 0 Å². The van der Waals surface area contributed by atoms with Gasteiger partial charge in [-0.25, -0.2) is 0 Å². The van der Waals surface area contributed by atoms with E-state index in [0.717, 1.165) is 45.3 Å². The van der Waals surface area contributed by atoms with Crippen molar-refractivity contribution in [1.82, 2.24) is 5.32 Å². The molecule has 0 amide bonds. The Morgan fingerprint density at radius 3 is 3.00 bits per heavy atom. The SMILES string of the molecule is CCOC(=O)C(NCC1CCCO1)C1CC=CCC1. The molecule has 0 bridgehead atoms. The van der Waals surface area contributed by atoms with E-state index in [1.807, 2.05) is 6.92 Å². The van der Waals surface area contributed by atoms with E-state index in [0.29, 0.717) is 12.5 Å². The average Bonchev–Trinajstić information content (AvgIpc) is 2.94. The van der Waals surface area contributed by atoms with Crippen LogP contribution in [0.15, 0.2) is 12.2 Å². The topological polar surface area (TPSA) is 47.6 Å². The van der Waals surface area contributed by atoms with Gasteiger partial charge in [0.2, 0.25) is 0 Å². The zero-order chi connectivity index (χ0) is 13.5. The van der Waals surface area contributed by atoms with Gasteiger partial charge in [-0.2, -0.15) is 0 Å². The fraction of sp³-hybridized carbons (Fsp3) is 0.800. The largest absolute Gasteiger partial charge is 0.465 e. The maximum atomic E-state index is 12.1. The Morgan fingerprint density at radius 1 is 1.47 bits per heavy atom. The molecule has 0 aromatic heterocycles. The molecule has 3 unspecified atom stereocenters. The second-order valence-corrected chi connectivity index (χ2v) is 5.32. The molecule has 1 fully saturated rings. The molecule has 1 heterocycles. The summed E-state index contributed by atoms with van der Waals surface area (Å²) in [6.45, 7) is 3.90. The lowest BCUT2D eigenvalue weighted by molar-refractivity contribution is -0.147. The Kier molecular flexibility index (Phi) is 5.86. The first kappa shape index (κ1) is 14.5. The average molecular weight is 267 g/mol. The fourth-order valence-corrected chi connectivity index (χ4v) is 2.86. The van der Waals surface area contributed by atoms with Crippen molar-refractivity contribution in [2.45, 2.75) is 51.2 Å². The summed E-state index contributed by atoms with van der Waals surface area (Å²) in [5, 5.41) is 3.38. The lowest BCUT2D eigenvalue weighted by Crippen LogP contribution is -2.47. The van der Waals surface area contributed by atoms with Crippen molar-refractivity contribution < 1.29 is 14.3 Å². The highest BCUT2D eigenvalue weighted by Crippen LogP contribution is 2.23. The van der Waals surface area contributed by atoms with E-state index in [4.69, 9.17) is 9.47 Å². The van der Waals surface area contributed by atoms with Gasteiger partial charge in [0.1, 0.15) is 6.04 Å². The summed E-state index contributed by atoms with van der Waals surface area (Å²) in [7, 11) is 0. The third-order valence-electron chi connectivity index (χ3n) is 3.91. The molecule has 0 saturated carbocycles. The van der Waals surface area contributed by atoms with Crippen LogP contribution in [0.3, 0.4) is 0 Å². The normalized spacial score (nSPS) is 28.3. The van der Waals surface area contributed by atoms with E-state index in [1.54, 1.807) is 0 Å². The Hall–Kier alpha value is -0.870. The van der Waals surface area contributed by atoms with Crippen molar-refractivity contribution >= 4 is 5.97 Å². The molecule has 19 heavy (non-hydrogen) atoms. The number of nitrogens with one attached hydrogen (secondary N) is 1. The fourth-order valence-electron chi connectivity index (χ4n) is 2.86. The Morgan fingerprint density at radius 2 is 2.37 bits per heavy atom. The molecule has 3 atom stereocenters. The Bertz CT molecular complexity index is 311. The highest BCUT2D eigenvalue weighted by Gasteiger charge is 2.30. The number of allylic oxidation sites excluding steroid dienone is 2. The van der Waals surface area contributed by atoms with Crippen LogP contribution in [-0.4, -0.2) is 37.9 Å². The first-order chi connectivity index (χ1) is 9.31. The minimum absolute atomic E-state index is 0.110. The minimum Gasteiger partial charge on any atom is -0.465 e. The van der Waals surface area contributed by atoms with Crippen LogP contribution >= 0.6 is 0 Å². The highest BCUT2D eigenvalue weighted by atomic mass is 16.5. The van der Waals surface area contributed by atoms with Gasteiger partial charge >= 0.3 is 5.97 Å². The van der Waals surface area contributed by atoms with Crippen LogP contribution in [0.5, 0.6) is 0 Å². The van der Waals surface area contributed by atoms with Gasteiger partial charge in [0, 0.05) is 13.2 Å². The molecule has 0 radical (unpaired) electrons. The van der Waals surface area contributed by atoms with Crippen molar-refractivity contribution in [3.8, 4) is 0 Å². The second kappa shape index (κ2) is 7.65. The quantitative estimate of drug-likeness (QED) is 0.591. The molecule has 0 aromatic carbocycles. The van der Waals surface area contributed by atoms with Gasteiger partial charge in [-0.1, -0.05) is 12.2 Å². The number of hydrogen-bond donors (Lipinski definition) is 1. The summed E-state index contributed by atoms with van der Waals surface area (Å²) >= 11 is 0. The molecule has 0 aromatic rings. The van der Waals surface area contributed by atoms with Gasteiger partial charge in [-0.05, 0) is 44.9 Å². The molecule has 108 valence electrons. The summed E-state index contributed by atoms with van der Waals surface area (Å²) in [4.78, 5) is 12.1. The standard InChI is InChI=1S/C15H25NO3/c1-2-18-15(17)14(12-7-4-3-5-8-12)16-11-13-9-6-10-19-13/h3-4,12-14,16H,2,5-11H2,1H3. The van der Waals surface area contributed by atoms with Crippen LogP contribution in [0.25, 0.3) is 0 Å². The maximum Gasteiger partial charge on any atom is 0.323 e. The van der Waals surface area contributed by atoms with Crippen molar-refractivity contribution in [2.24, 2.45) is 5.92 Å². The van der Waals surface area contributed by atoms with Crippen LogP contribution in [0.1, 0.15) is 39.0 Å². The number of rotatable bonds is 6. The van der Waals surface area contributed by atoms with Crippen LogP contribution < -0.4 is 5.32 Å². The van der Waals surface area contributed by atoms with Crippen LogP contribution in [0, 0.1) is 5.92 Å². The molecule has 4 nitrogen and oxygen atoms in total. The van der Waals surface area contributed by atoms with Gasteiger partial charge < -0.3 is 14.8 Å². The van der Waals surface area contributed by atoms with Crippen molar-refractivity contribution in [1.29, 1.82) is 0 Å².